The molecule has 0 spiro atoms. The van der Waals surface area contributed by atoms with Crippen LogP contribution in [0, 0.1) is 27.7 Å². The van der Waals surface area contributed by atoms with Crippen molar-refractivity contribution < 1.29 is 17.7 Å². The highest BCUT2D eigenvalue weighted by Crippen LogP contribution is 2.22. The van der Waals surface area contributed by atoms with Gasteiger partial charge in [0.25, 0.3) is 0 Å². The summed E-state index contributed by atoms with van der Waals surface area (Å²) in [6.07, 6.45) is 0. The third-order valence-electron chi connectivity index (χ3n) is 3.88. The molecule has 0 fully saturated rings. The molecule has 130 valence electrons. The average molecular weight is 351 g/mol. The third-order valence-corrected chi connectivity index (χ3v) is 5.93. The number of hydrogen-bond acceptors (Lipinski definition) is 5. The van der Waals surface area contributed by atoms with E-state index in [1.54, 1.807) is 13.0 Å². The Labute approximate surface area is 141 Å². The maximum atomic E-state index is 12.6. The van der Waals surface area contributed by atoms with Gasteiger partial charge >= 0.3 is 0 Å². The molecule has 0 atom stereocenters. The van der Waals surface area contributed by atoms with Crippen LogP contribution < -0.4 is 5.32 Å². The number of aryl methyl sites for hydroxylation is 3. The zero-order valence-electron chi connectivity index (χ0n) is 14.4. The van der Waals surface area contributed by atoms with Gasteiger partial charge in [0.2, 0.25) is 15.9 Å². The van der Waals surface area contributed by atoms with Gasteiger partial charge in [-0.3, -0.25) is 4.79 Å². The first-order valence-corrected chi connectivity index (χ1v) is 8.84. The summed E-state index contributed by atoms with van der Waals surface area (Å²) in [6, 6.07) is 5.56. The maximum absolute atomic E-state index is 12.6. The number of likely N-dealkylation sites (N-methyl/N-ethyl adjacent to an activating group) is 1. The fraction of sp³-hybridized carbons (Fsp3) is 0.375. The van der Waals surface area contributed by atoms with E-state index in [4.69, 9.17) is 4.52 Å². The van der Waals surface area contributed by atoms with Crippen molar-refractivity contribution in [2.75, 3.05) is 18.9 Å². The summed E-state index contributed by atoms with van der Waals surface area (Å²) in [5.41, 5.74) is 2.93. The van der Waals surface area contributed by atoms with E-state index in [9.17, 15) is 13.2 Å². The highest BCUT2D eigenvalue weighted by Gasteiger charge is 2.29. The van der Waals surface area contributed by atoms with E-state index in [1.165, 1.54) is 14.0 Å². The van der Waals surface area contributed by atoms with Crippen LogP contribution in [0.5, 0.6) is 0 Å². The van der Waals surface area contributed by atoms with Gasteiger partial charge in [0.15, 0.2) is 5.76 Å². The van der Waals surface area contributed by atoms with Gasteiger partial charge in [-0.25, -0.2) is 8.42 Å². The van der Waals surface area contributed by atoms with E-state index in [2.05, 4.69) is 10.5 Å². The van der Waals surface area contributed by atoms with E-state index < -0.39 is 15.9 Å². The number of benzene rings is 1. The topological polar surface area (TPSA) is 92.5 Å². The molecule has 8 heteroatoms. The van der Waals surface area contributed by atoms with Gasteiger partial charge in [0.05, 0.1) is 6.54 Å². The Hall–Kier alpha value is -2.19. The van der Waals surface area contributed by atoms with Crippen LogP contribution in [0.1, 0.15) is 22.6 Å². The van der Waals surface area contributed by atoms with Crippen LogP contribution in [0.15, 0.2) is 27.6 Å². The van der Waals surface area contributed by atoms with Gasteiger partial charge in [-0.05, 0) is 44.9 Å². The number of carbonyl (C=O) groups is 1. The van der Waals surface area contributed by atoms with Crippen molar-refractivity contribution in [2.24, 2.45) is 0 Å². The first kappa shape index (κ1) is 18.2. The van der Waals surface area contributed by atoms with Crippen LogP contribution in [-0.4, -0.2) is 37.4 Å². The van der Waals surface area contributed by atoms with Gasteiger partial charge in [-0.15, -0.1) is 0 Å². The smallest absolute Gasteiger partial charge is 0.248 e. The van der Waals surface area contributed by atoms with Crippen molar-refractivity contribution in [3.05, 3.63) is 40.8 Å². The molecular formula is C16H21N3O4S. The molecule has 1 aromatic carbocycles. The number of sulfonamides is 1. The van der Waals surface area contributed by atoms with Crippen LogP contribution in [0.25, 0.3) is 0 Å². The maximum Gasteiger partial charge on any atom is 0.248 e. The largest absolute Gasteiger partial charge is 0.360 e. The quantitative estimate of drug-likeness (QED) is 0.891. The minimum absolute atomic E-state index is 0.00420. The lowest BCUT2D eigenvalue weighted by atomic mass is 10.1. The lowest BCUT2D eigenvalue weighted by Crippen LogP contribution is -2.35. The molecule has 0 saturated carbocycles. The first-order chi connectivity index (χ1) is 11.1. The van der Waals surface area contributed by atoms with Gasteiger partial charge in [-0.2, -0.15) is 4.31 Å². The van der Waals surface area contributed by atoms with Crippen LogP contribution in [-0.2, 0) is 14.8 Å². The third kappa shape index (κ3) is 3.49. The zero-order valence-corrected chi connectivity index (χ0v) is 15.2. The van der Waals surface area contributed by atoms with Crippen LogP contribution in [0.2, 0.25) is 0 Å². The summed E-state index contributed by atoms with van der Waals surface area (Å²) in [6.45, 7) is 6.61. The van der Waals surface area contributed by atoms with Crippen molar-refractivity contribution in [1.82, 2.24) is 9.46 Å². The predicted molar refractivity (Wildman–Crippen MR) is 90.3 cm³/mol. The van der Waals surface area contributed by atoms with Gasteiger partial charge in [-0.1, -0.05) is 17.3 Å². The van der Waals surface area contributed by atoms with Crippen LogP contribution >= 0.6 is 0 Å². The number of carbonyl (C=O) groups excluding carboxylic acids is 1. The number of amides is 1. The number of nitrogens with one attached hydrogen (secondary N) is 1. The molecule has 2 aromatic rings. The molecule has 7 nitrogen and oxygen atoms in total. The van der Waals surface area contributed by atoms with E-state index in [0.717, 1.165) is 15.4 Å². The van der Waals surface area contributed by atoms with E-state index in [0.29, 0.717) is 5.69 Å². The number of anilines is 1. The number of hydrogen-bond donors (Lipinski definition) is 1. The summed E-state index contributed by atoms with van der Waals surface area (Å²) in [4.78, 5) is 12.2. The van der Waals surface area contributed by atoms with Crippen molar-refractivity contribution in [3.8, 4) is 0 Å². The fourth-order valence-electron chi connectivity index (χ4n) is 2.36. The fourth-order valence-corrected chi connectivity index (χ4v) is 3.77. The molecule has 0 unspecified atom stereocenters. The minimum Gasteiger partial charge on any atom is -0.360 e. The minimum atomic E-state index is -3.85. The van der Waals surface area contributed by atoms with Crippen molar-refractivity contribution in [3.63, 3.8) is 0 Å². The second-order valence-electron chi connectivity index (χ2n) is 5.71. The van der Waals surface area contributed by atoms with Crippen LogP contribution in [0.4, 0.5) is 5.69 Å². The molecule has 0 radical (unpaired) electrons. The molecule has 0 bridgehead atoms. The summed E-state index contributed by atoms with van der Waals surface area (Å²) in [7, 11) is -2.50. The molecule has 0 aliphatic carbocycles. The van der Waals surface area contributed by atoms with E-state index >= 15 is 0 Å². The molecule has 0 saturated heterocycles. The Morgan fingerprint density at radius 1 is 1.25 bits per heavy atom. The SMILES string of the molecule is Cc1cccc(NC(=O)CN(C)S(=O)(=O)c2c(C)noc2C)c1C. The highest BCUT2D eigenvalue weighted by atomic mass is 32.2. The number of rotatable bonds is 5. The molecule has 0 aliphatic heterocycles. The highest BCUT2D eigenvalue weighted by molar-refractivity contribution is 7.89. The second-order valence-corrected chi connectivity index (χ2v) is 7.69. The molecular weight excluding hydrogens is 330 g/mol. The Morgan fingerprint density at radius 3 is 2.50 bits per heavy atom. The van der Waals surface area contributed by atoms with Gasteiger partial charge < -0.3 is 9.84 Å². The summed E-state index contributed by atoms with van der Waals surface area (Å²) in [5, 5.41) is 6.40. The molecule has 2 rings (SSSR count). The molecule has 1 amide bonds. The molecule has 1 N–H and O–H groups in total. The Morgan fingerprint density at radius 2 is 1.92 bits per heavy atom. The standard InChI is InChI=1S/C16H21N3O4S/c1-10-7-6-8-14(11(10)2)17-15(20)9-19(5)24(21,22)16-12(3)18-23-13(16)4/h6-8H,9H2,1-5H3,(H,17,20). The van der Waals surface area contributed by atoms with Crippen LogP contribution in [0.3, 0.4) is 0 Å². The first-order valence-electron chi connectivity index (χ1n) is 7.40. The molecule has 0 aliphatic rings. The van der Waals surface area contributed by atoms with E-state index in [-0.39, 0.29) is 22.9 Å². The Kier molecular flexibility index (Phi) is 5.10. The summed E-state index contributed by atoms with van der Waals surface area (Å²) in [5.74, 6) is -0.212. The number of aromatic nitrogens is 1. The normalized spacial score (nSPS) is 11.8. The monoisotopic (exact) mass is 351 g/mol. The van der Waals surface area contributed by atoms with Gasteiger partial charge in [0.1, 0.15) is 10.6 Å². The Balaban J connectivity index is 2.16. The second kappa shape index (κ2) is 6.74. The average Bonchev–Trinajstić information content (AvgIpc) is 2.83. The lowest BCUT2D eigenvalue weighted by Gasteiger charge is -2.17. The van der Waals surface area contributed by atoms with Crippen molar-refractivity contribution in [2.45, 2.75) is 32.6 Å². The van der Waals surface area contributed by atoms with Gasteiger partial charge in [0, 0.05) is 12.7 Å². The summed E-state index contributed by atoms with van der Waals surface area (Å²) >= 11 is 0. The summed E-state index contributed by atoms with van der Waals surface area (Å²) < 4.78 is 31.1. The van der Waals surface area contributed by atoms with Crippen molar-refractivity contribution >= 4 is 21.6 Å². The van der Waals surface area contributed by atoms with E-state index in [1.807, 2.05) is 26.0 Å². The zero-order chi connectivity index (χ0) is 18.1. The lowest BCUT2D eigenvalue weighted by molar-refractivity contribution is -0.116. The molecule has 24 heavy (non-hydrogen) atoms. The molecule has 1 heterocycles. The van der Waals surface area contributed by atoms with Crippen molar-refractivity contribution in [1.29, 1.82) is 0 Å². The molecule has 1 aromatic heterocycles. The predicted octanol–water partition coefficient (Wildman–Crippen LogP) is 2.17. The Bertz CT molecular complexity index is 852. The number of nitrogens with zero attached hydrogens (tertiary/aromatic N) is 2.